The number of carbonyl (C=O) groups is 1. The number of nitrogens with one attached hydrogen (secondary N) is 1. The van der Waals surface area contributed by atoms with E-state index in [1.165, 1.54) is 29.0 Å². The van der Waals surface area contributed by atoms with Crippen LogP contribution in [0.2, 0.25) is 0 Å². The largest absolute Gasteiger partial charge is 0.354 e. The van der Waals surface area contributed by atoms with Gasteiger partial charge in [0.25, 0.3) is 5.91 Å². The molecule has 120 valence electrons. The molecule has 6 heteroatoms. The molecule has 1 atom stereocenters. The second kappa shape index (κ2) is 5.92. The van der Waals surface area contributed by atoms with Crippen LogP contribution in [0.25, 0.3) is 0 Å². The van der Waals surface area contributed by atoms with Crippen LogP contribution in [0.4, 0.5) is 5.82 Å². The van der Waals surface area contributed by atoms with Crippen molar-refractivity contribution in [2.45, 2.75) is 38.6 Å². The Balaban J connectivity index is 1.45. The van der Waals surface area contributed by atoms with Gasteiger partial charge in [0.1, 0.15) is 12.1 Å². The maximum atomic E-state index is 12.4. The lowest BCUT2D eigenvalue weighted by Crippen LogP contribution is -2.37. The molecule has 2 aliphatic rings. The van der Waals surface area contributed by atoms with Gasteiger partial charge in [-0.05, 0) is 49.6 Å². The summed E-state index contributed by atoms with van der Waals surface area (Å²) in [4.78, 5) is 24.4. The number of hydrogen-bond donors (Lipinski definition) is 1. The molecule has 4 rings (SSSR count). The molecule has 1 aliphatic carbocycles. The van der Waals surface area contributed by atoms with Crippen molar-refractivity contribution in [3.63, 3.8) is 0 Å². The summed E-state index contributed by atoms with van der Waals surface area (Å²) in [5, 5.41) is 5.14. The van der Waals surface area contributed by atoms with Crippen LogP contribution < -0.4 is 10.2 Å². The molecule has 3 heterocycles. The van der Waals surface area contributed by atoms with Crippen LogP contribution in [-0.4, -0.2) is 35.0 Å². The molecule has 0 spiro atoms. The normalized spacial score (nSPS) is 19.9. The van der Waals surface area contributed by atoms with Crippen molar-refractivity contribution in [2.75, 3.05) is 18.0 Å². The lowest BCUT2D eigenvalue weighted by Gasteiger charge is -2.20. The first-order valence-electron chi connectivity index (χ1n) is 8.15. The number of fused-ring (bicyclic) bond motifs is 1. The van der Waals surface area contributed by atoms with E-state index in [0.29, 0.717) is 0 Å². The van der Waals surface area contributed by atoms with Crippen LogP contribution in [0.3, 0.4) is 0 Å². The molecule has 1 saturated heterocycles. The fourth-order valence-corrected chi connectivity index (χ4v) is 4.37. The predicted octanol–water partition coefficient (Wildman–Crippen LogP) is 2.34. The highest BCUT2D eigenvalue weighted by Crippen LogP contribution is 2.30. The van der Waals surface area contributed by atoms with Crippen molar-refractivity contribution in [1.82, 2.24) is 15.3 Å². The van der Waals surface area contributed by atoms with E-state index in [4.69, 9.17) is 0 Å². The summed E-state index contributed by atoms with van der Waals surface area (Å²) in [6, 6.07) is 2.18. The van der Waals surface area contributed by atoms with Crippen LogP contribution in [0, 0.1) is 6.92 Å². The fourth-order valence-electron chi connectivity index (χ4n) is 3.54. The summed E-state index contributed by atoms with van der Waals surface area (Å²) in [6.07, 6.45) is 5.96. The lowest BCUT2D eigenvalue weighted by molar-refractivity contribution is 0.0944. The minimum absolute atomic E-state index is 0.0530. The zero-order valence-electron chi connectivity index (χ0n) is 13.2. The first kappa shape index (κ1) is 14.6. The maximum Gasteiger partial charge on any atom is 0.261 e. The number of thiophene rings is 1. The fraction of sp³-hybridized carbons (Fsp3) is 0.471. The average molecular weight is 328 g/mol. The zero-order valence-corrected chi connectivity index (χ0v) is 14.0. The van der Waals surface area contributed by atoms with Crippen molar-refractivity contribution in [2.24, 2.45) is 0 Å². The number of rotatable bonds is 3. The highest BCUT2D eigenvalue weighted by Gasteiger charge is 2.29. The summed E-state index contributed by atoms with van der Waals surface area (Å²) < 4.78 is 0. The maximum absolute atomic E-state index is 12.4. The highest BCUT2D eigenvalue weighted by molar-refractivity contribution is 7.12. The van der Waals surface area contributed by atoms with Crippen LogP contribution >= 0.6 is 11.3 Å². The first-order valence-corrected chi connectivity index (χ1v) is 9.03. The Labute approximate surface area is 139 Å². The first-order chi connectivity index (χ1) is 11.2. The van der Waals surface area contributed by atoms with Crippen molar-refractivity contribution in [3.8, 4) is 0 Å². The van der Waals surface area contributed by atoms with Crippen molar-refractivity contribution >= 4 is 23.1 Å². The summed E-state index contributed by atoms with van der Waals surface area (Å²) in [6.45, 7) is 3.76. The number of aromatic nitrogens is 2. The average Bonchev–Trinajstić information content (AvgIpc) is 3.26. The van der Waals surface area contributed by atoms with Crippen LogP contribution in [0.1, 0.15) is 39.3 Å². The van der Waals surface area contributed by atoms with Gasteiger partial charge in [0.05, 0.1) is 4.88 Å². The molecule has 1 amide bonds. The van der Waals surface area contributed by atoms with Gasteiger partial charge in [-0.25, -0.2) is 9.97 Å². The quantitative estimate of drug-likeness (QED) is 0.939. The van der Waals surface area contributed by atoms with Gasteiger partial charge in [-0.2, -0.15) is 0 Å². The minimum atomic E-state index is 0.0530. The molecule has 1 aliphatic heterocycles. The smallest absolute Gasteiger partial charge is 0.261 e. The summed E-state index contributed by atoms with van der Waals surface area (Å²) in [5.41, 5.74) is 3.57. The standard InChI is InChI=1S/C17H20N4OS/c1-11-6-8-23-15(11)17(22)20-12-5-7-21(9-12)16-13-3-2-4-14(13)18-10-19-16/h6,8,10,12H,2-5,7,9H2,1H3,(H,20,22)/t12-/m1/s1. The van der Waals surface area contributed by atoms with E-state index < -0.39 is 0 Å². The van der Waals surface area contributed by atoms with Crippen LogP contribution in [-0.2, 0) is 12.8 Å². The second-order valence-corrected chi connectivity index (χ2v) is 7.23. The molecule has 2 aromatic heterocycles. The van der Waals surface area contributed by atoms with Gasteiger partial charge in [-0.1, -0.05) is 0 Å². The van der Waals surface area contributed by atoms with Gasteiger partial charge in [0, 0.05) is 30.4 Å². The van der Waals surface area contributed by atoms with Gasteiger partial charge in [0.15, 0.2) is 0 Å². The summed E-state index contributed by atoms with van der Waals surface area (Å²) in [5.74, 6) is 1.13. The number of hydrogen-bond acceptors (Lipinski definition) is 5. The lowest BCUT2D eigenvalue weighted by atomic mass is 10.2. The molecule has 0 saturated carbocycles. The predicted molar refractivity (Wildman–Crippen MR) is 91.2 cm³/mol. The van der Waals surface area contributed by atoms with Gasteiger partial charge < -0.3 is 10.2 Å². The number of amides is 1. The molecular weight excluding hydrogens is 308 g/mol. The van der Waals surface area contributed by atoms with E-state index in [1.54, 1.807) is 6.33 Å². The third-order valence-corrected chi connectivity index (χ3v) is 5.76. The Bertz CT molecular complexity index is 742. The van der Waals surface area contributed by atoms with Crippen molar-refractivity contribution in [1.29, 1.82) is 0 Å². The van der Waals surface area contributed by atoms with Gasteiger partial charge >= 0.3 is 0 Å². The molecule has 0 aromatic carbocycles. The monoisotopic (exact) mass is 328 g/mol. The van der Waals surface area contributed by atoms with E-state index in [9.17, 15) is 4.79 Å². The second-order valence-electron chi connectivity index (χ2n) is 6.31. The van der Waals surface area contributed by atoms with E-state index in [-0.39, 0.29) is 11.9 Å². The Morgan fingerprint density at radius 3 is 3.13 bits per heavy atom. The third-order valence-electron chi connectivity index (χ3n) is 4.74. The van der Waals surface area contributed by atoms with Gasteiger partial charge in [-0.3, -0.25) is 4.79 Å². The van der Waals surface area contributed by atoms with E-state index in [1.807, 2.05) is 18.4 Å². The molecule has 23 heavy (non-hydrogen) atoms. The number of aryl methyl sites for hydroxylation is 2. The summed E-state index contributed by atoms with van der Waals surface area (Å²) in [7, 11) is 0. The molecule has 5 nitrogen and oxygen atoms in total. The van der Waals surface area contributed by atoms with Crippen LogP contribution in [0.5, 0.6) is 0 Å². The molecule has 0 radical (unpaired) electrons. The number of anilines is 1. The van der Waals surface area contributed by atoms with Crippen LogP contribution in [0.15, 0.2) is 17.8 Å². The Morgan fingerprint density at radius 2 is 2.30 bits per heavy atom. The Hall–Kier alpha value is -1.95. The van der Waals surface area contributed by atoms with E-state index in [0.717, 1.165) is 48.6 Å². The van der Waals surface area contributed by atoms with Gasteiger partial charge in [-0.15, -0.1) is 11.3 Å². The SMILES string of the molecule is Cc1ccsc1C(=O)N[C@@H]1CCN(c2ncnc3c2CCC3)C1. The molecule has 1 N–H and O–H groups in total. The number of carbonyl (C=O) groups excluding carboxylic acids is 1. The van der Waals surface area contributed by atoms with E-state index in [2.05, 4.69) is 20.2 Å². The molecule has 0 unspecified atom stereocenters. The minimum Gasteiger partial charge on any atom is -0.354 e. The van der Waals surface area contributed by atoms with Crippen molar-refractivity contribution in [3.05, 3.63) is 39.5 Å². The zero-order chi connectivity index (χ0) is 15.8. The molecule has 1 fully saturated rings. The topological polar surface area (TPSA) is 58.1 Å². The Kier molecular flexibility index (Phi) is 3.77. The van der Waals surface area contributed by atoms with Crippen molar-refractivity contribution < 1.29 is 4.79 Å². The summed E-state index contributed by atoms with van der Waals surface area (Å²) >= 11 is 1.51. The third kappa shape index (κ3) is 2.72. The van der Waals surface area contributed by atoms with Gasteiger partial charge in [0.2, 0.25) is 0 Å². The number of nitrogens with zero attached hydrogens (tertiary/aromatic N) is 3. The molecular formula is C17H20N4OS. The Morgan fingerprint density at radius 1 is 1.39 bits per heavy atom. The van der Waals surface area contributed by atoms with E-state index >= 15 is 0 Å². The highest BCUT2D eigenvalue weighted by atomic mass is 32.1. The molecule has 0 bridgehead atoms. The molecule has 2 aromatic rings.